The Labute approximate surface area is 99.4 Å². The molecule has 0 aromatic rings. The first kappa shape index (κ1) is 15.4. The summed E-state index contributed by atoms with van der Waals surface area (Å²) in [6.07, 6.45) is -1.14. The monoisotopic (exact) mass is 246 g/mol. The molecular formula is C10H18N2O5. The van der Waals surface area contributed by atoms with Gasteiger partial charge in [-0.3, -0.25) is 4.79 Å². The number of hydrogen-bond acceptors (Lipinski definition) is 6. The van der Waals surface area contributed by atoms with Gasteiger partial charge in [0.05, 0.1) is 0 Å². The Morgan fingerprint density at radius 1 is 1.24 bits per heavy atom. The molecule has 0 heterocycles. The summed E-state index contributed by atoms with van der Waals surface area (Å²) in [5.74, 6) is -1.52. The van der Waals surface area contributed by atoms with Crippen LogP contribution in [-0.2, 0) is 19.1 Å². The maximum Gasteiger partial charge on any atom is 0.516 e. The lowest BCUT2D eigenvalue weighted by Crippen LogP contribution is -2.36. The molecule has 7 heteroatoms. The Balaban J connectivity index is 4.08. The molecule has 0 rings (SSSR count). The van der Waals surface area contributed by atoms with Crippen molar-refractivity contribution in [2.45, 2.75) is 45.3 Å². The van der Waals surface area contributed by atoms with Crippen LogP contribution in [-0.4, -0.2) is 29.7 Å². The smallest absolute Gasteiger partial charge is 0.428 e. The van der Waals surface area contributed by atoms with E-state index in [1.54, 1.807) is 20.8 Å². The van der Waals surface area contributed by atoms with Crippen LogP contribution in [0.2, 0.25) is 0 Å². The van der Waals surface area contributed by atoms with Crippen molar-refractivity contribution in [3.05, 3.63) is 0 Å². The highest BCUT2D eigenvalue weighted by Crippen LogP contribution is 2.08. The van der Waals surface area contributed by atoms with E-state index in [1.165, 1.54) is 0 Å². The Hall–Kier alpha value is -1.63. The third-order valence-electron chi connectivity index (χ3n) is 1.58. The molecule has 0 aliphatic carbocycles. The van der Waals surface area contributed by atoms with E-state index in [1.807, 2.05) is 0 Å². The second-order valence-electron chi connectivity index (χ2n) is 4.50. The average Bonchev–Trinajstić information content (AvgIpc) is 2.10. The maximum atomic E-state index is 11.3. The summed E-state index contributed by atoms with van der Waals surface area (Å²) < 4.78 is 9.10. The number of carbonyl (C=O) groups excluding carboxylic acids is 3. The Kier molecular flexibility index (Phi) is 5.60. The summed E-state index contributed by atoms with van der Waals surface area (Å²) in [6.45, 7) is 4.89. The van der Waals surface area contributed by atoms with Crippen LogP contribution >= 0.6 is 0 Å². The summed E-state index contributed by atoms with van der Waals surface area (Å²) in [4.78, 5) is 32.8. The van der Waals surface area contributed by atoms with Crippen LogP contribution in [0.3, 0.4) is 0 Å². The molecule has 0 radical (unpaired) electrons. The Bertz CT molecular complexity index is 308. The number of ether oxygens (including phenoxy) is 2. The lowest BCUT2D eigenvalue weighted by atomic mass is 10.1. The Morgan fingerprint density at radius 2 is 1.76 bits per heavy atom. The van der Waals surface area contributed by atoms with Crippen molar-refractivity contribution in [3.8, 4) is 0 Å². The summed E-state index contributed by atoms with van der Waals surface area (Å²) >= 11 is 0. The molecule has 0 saturated heterocycles. The van der Waals surface area contributed by atoms with Gasteiger partial charge < -0.3 is 20.9 Å². The van der Waals surface area contributed by atoms with Crippen molar-refractivity contribution < 1.29 is 23.9 Å². The molecule has 98 valence electrons. The van der Waals surface area contributed by atoms with E-state index in [4.69, 9.17) is 16.2 Å². The van der Waals surface area contributed by atoms with Gasteiger partial charge in [-0.2, -0.15) is 0 Å². The van der Waals surface area contributed by atoms with Gasteiger partial charge in [-0.1, -0.05) is 0 Å². The van der Waals surface area contributed by atoms with Crippen molar-refractivity contribution in [2.75, 3.05) is 0 Å². The zero-order chi connectivity index (χ0) is 13.6. The fourth-order valence-corrected chi connectivity index (χ4v) is 0.844. The lowest BCUT2D eigenvalue weighted by molar-refractivity contribution is -0.143. The van der Waals surface area contributed by atoms with Gasteiger partial charge >= 0.3 is 12.1 Å². The number of esters is 1. The van der Waals surface area contributed by atoms with Crippen LogP contribution in [0.25, 0.3) is 0 Å². The van der Waals surface area contributed by atoms with E-state index in [0.29, 0.717) is 0 Å². The van der Waals surface area contributed by atoms with E-state index < -0.39 is 29.7 Å². The minimum absolute atomic E-state index is 0.0248. The summed E-state index contributed by atoms with van der Waals surface area (Å²) in [5, 5.41) is 0. The first-order valence-corrected chi connectivity index (χ1v) is 5.10. The molecule has 0 aliphatic heterocycles. The van der Waals surface area contributed by atoms with Crippen molar-refractivity contribution in [2.24, 2.45) is 11.5 Å². The van der Waals surface area contributed by atoms with Crippen molar-refractivity contribution in [3.63, 3.8) is 0 Å². The van der Waals surface area contributed by atoms with Gasteiger partial charge in [-0.15, -0.1) is 0 Å². The van der Waals surface area contributed by atoms with Crippen LogP contribution < -0.4 is 11.5 Å². The quantitative estimate of drug-likeness (QED) is 0.534. The van der Waals surface area contributed by atoms with Gasteiger partial charge in [-0.25, -0.2) is 9.59 Å². The average molecular weight is 246 g/mol. The van der Waals surface area contributed by atoms with Crippen molar-refractivity contribution in [1.29, 1.82) is 0 Å². The predicted octanol–water partition coefficient (Wildman–Crippen LogP) is 0.0575. The summed E-state index contributed by atoms with van der Waals surface area (Å²) in [5.41, 5.74) is 9.52. The first-order valence-electron chi connectivity index (χ1n) is 5.10. The highest BCUT2D eigenvalue weighted by molar-refractivity contribution is 5.86. The number of amides is 1. The van der Waals surface area contributed by atoms with Gasteiger partial charge in [0.15, 0.2) is 0 Å². The molecular weight excluding hydrogens is 228 g/mol. The first-order chi connectivity index (χ1) is 7.61. The molecule has 1 amide bonds. The number of rotatable bonds is 4. The number of carbonyl (C=O) groups is 3. The van der Waals surface area contributed by atoms with Crippen LogP contribution in [0, 0.1) is 0 Å². The number of nitrogens with two attached hydrogens (primary N) is 2. The van der Waals surface area contributed by atoms with Gasteiger partial charge in [0.1, 0.15) is 11.6 Å². The van der Waals surface area contributed by atoms with Gasteiger partial charge in [0.25, 0.3) is 0 Å². The van der Waals surface area contributed by atoms with Crippen molar-refractivity contribution >= 4 is 18.0 Å². The lowest BCUT2D eigenvalue weighted by Gasteiger charge is -2.18. The molecule has 0 bridgehead atoms. The second-order valence-corrected chi connectivity index (χ2v) is 4.50. The zero-order valence-electron chi connectivity index (χ0n) is 10.2. The van der Waals surface area contributed by atoms with Crippen LogP contribution in [0.1, 0.15) is 33.6 Å². The maximum absolute atomic E-state index is 11.3. The summed E-state index contributed by atoms with van der Waals surface area (Å²) in [6, 6.07) is -1.07. The van der Waals surface area contributed by atoms with Gasteiger partial charge in [0, 0.05) is 6.42 Å². The molecule has 0 aliphatic rings. The number of primary amides is 1. The van der Waals surface area contributed by atoms with E-state index in [0.717, 1.165) is 0 Å². The predicted molar refractivity (Wildman–Crippen MR) is 58.7 cm³/mol. The molecule has 0 spiro atoms. The molecule has 0 unspecified atom stereocenters. The minimum Gasteiger partial charge on any atom is -0.428 e. The van der Waals surface area contributed by atoms with Crippen LogP contribution in [0.15, 0.2) is 0 Å². The summed E-state index contributed by atoms with van der Waals surface area (Å²) in [7, 11) is 0. The van der Waals surface area contributed by atoms with E-state index in [9.17, 15) is 14.4 Å². The fourth-order valence-electron chi connectivity index (χ4n) is 0.844. The third-order valence-corrected chi connectivity index (χ3v) is 1.58. The molecule has 0 saturated carbocycles. The second kappa shape index (κ2) is 6.19. The highest BCUT2D eigenvalue weighted by atomic mass is 16.7. The third kappa shape index (κ3) is 8.21. The molecule has 0 aromatic carbocycles. The zero-order valence-corrected chi connectivity index (χ0v) is 10.2. The SMILES string of the molecule is CC(C)(C)OC(=O)OC(=O)[C@@H](N)CCC(N)=O. The molecule has 4 N–H and O–H groups in total. The Morgan fingerprint density at radius 3 is 2.18 bits per heavy atom. The molecule has 7 nitrogen and oxygen atoms in total. The van der Waals surface area contributed by atoms with Gasteiger partial charge in [-0.05, 0) is 27.2 Å². The molecule has 17 heavy (non-hydrogen) atoms. The standard InChI is InChI=1S/C10H18N2O5/c1-10(2,3)17-9(15)16-8(14)6(11)4-5-7(12)13/h6H,4-5,11H2,1-3H3,(H2,12,13)/t6-/m0/s1. The molecule has 0 fully saturated rings. The van der Waals surface area contributed by atoms with Crippen LogP contribution in [0.5, 0.6) is 0 Å². The topological polar surface area (TPSA) is 122 Å². The fraction of sp³-hybridized carbons (Fsp3) is 0.700. The van der Waals surface area contributed by atoms with E-state index in [2.05, 4.69) is 4.74 Å². The van der Waals surface area contributed by atoms with Crippen molar-refractivity contribution in [1.82, 2.24) is 0 Å². The van der Waals surface area contributed by atoms with E-state index >= 15 is 0 Å². The molecule has 1 atom stereocenters. The highest BCUT2D eigenvalue weighted by Gasteiger charge is 2.23. The molecule has 0 aromatic heterocycles. The minimum atomic E-state index is -1.11. The van der Waals surface area contributed by atoms with Crippen LogP contribution in [0.4, 0.5) is 4.79 Å². The van der Waals surface area contributed by atoms with Gasteiger partial charge in [0.2, 0.25) is 5.91 Å². The largest absolute Gasteiger partial charge is 0.516 e. The normalized spacial score (nSPS) is 12.7. The number of hydrogen-bond donors (Lipinski definition) is 2. The van der Waals surface area contributed by atoms with E-state index in [-0.39, 0.29) is 12.8 Å².